The van der Waals surface area contributed by atoms with E-state index in [2.05, 4.69) is 0 Å². The molecule has 14 heavy (non-hydrogen) atoms. The molecule has 0 radical (unpaired) electrons. The predicted molar refractivity (Wildman–Crippen MR) is 31.9 cm³/mol. The third-order valence-corrected chi connectivity index (χ3v) is 2.30. The van der Waals surface area contributed by atoms with Gasteiger partial charge in [-0.25, -0.2) is 8.42 Å². The number of hydrogen-bond acceptors (Lipinski definition) is 2. The second kappa shape index (κ2) is 4.77. The molecule has 0 atom stereocenters. The monoisotopic (exact) mass is 238 g/mol. The first-order valence-electron chi connectivity index (χ1n) is 2.75. The van der Waals surface area contributed by atoms with Gasteiger partial charge >= 0.3 is 31.2 Å². The number of hydrogen-bond donors (Lipinski definition) is 0. The molecule has 0 rings (SSSR count). The molecule has 0 saturated heterocycles. The fraction of sp³-hybridized carbons (Fsp3) is 1.00. The van der Waals surface area contributed by atoms with Crippen molar-refractivity contribution in [2.45, 2.75) is 12.4 Å². The predicted octanol–water partition coefficient (Wildman–Crippen LogP) is -1.36. The van der Waals surface area contributed by atoms with E-state index in [1.807, 2.05) is 0 Å². The van der Waals surface area contributed by atoms with Crippen LogP contribution in [-0.4, -0.2) is 32.3 Å². The van der Waals surface area contributed by atoms with Crippen LogP contribution >= 0.6 is 0 Å². The van der Waals surface area contributed by atoms with Crippen molar-refractivity contribution in [2.24, 2.45) is 0 Å². The van der Waals surface area contributed by atoms with E-state index in [0.29, 0.717) is 0 Å². The van der Waals surface area contributed by atoms with E-state index in [-0.39, 0.29) is 20.3 Å². The number of alkyl halides is 6. The van der Waals surface area contributed by atoms with Gasteiger partial charge in [0.15, 0.2) is 9.84 Å². The first kappa shape index (κ1) is 16.6. The Morgan fingerprint density at radius 3 is 1.21 bits per heavy atom. The molecule has 0 spiro atoms. The van der Waals surface area contributed by atoms with Crippen LogP contribution < -0.4 is 18.9 Å². The molecule has 0 aliphatic heterocycles. The molecule has 10 heteroatoms. The summed E-state index contributed by atoms with van der Waals surface area (Å²) in [6, 6.07) is 0. The van der Waals surface area contributed by atoms with Gasteiger partial charge in [0.1, 0.15) is 11.5 Å². The normalized spacial score (nSPS) is 13.6. The summed E-state index contributed by atoms with van der Waals surface area (Å²) in [6.07, 6.45) is -10.3. The SMILES string of the molecule is O=S(=O)(CC(F)(F)F)CC(F)(F)F.[H-].[Li+]. The van der Waals surface area contributed by atoms with Gasteiger partial charge in [-0.1, -0.05) is 0 Å². The van der Waals surface area contributed by atoms with E-state index < -0.39 is 33.7 Å². The van der Waals surface area contributed by atoms with Gasteiger partial charge in [-0.3, -0.25) is 0 Å². The standard InChI is InChI=1S/C4H4F6O2S.Li.H/c5-3(6,7)1-13(11,12)2-4(8,9)10;;/h1-2H2;;/q;+1;-1. The average Bonchev–Trinajstić information content (AvgIpc) is 1.43. The molecular weight excluding hydrogens is 233 g/mol. The van der Waals surface area contributed by atoms with Gasteiger partial charge in [0.2, 0.25) is 0 Å². The minimum atomic E-state index is -5.15. The summed E-state index contributed by atoms with van der Waals surface area (Å²) in [5, 5.41) is 0. The Kier molecular flexibility index (Phi) is 5.64. The molecule has 0 N–H and O–H groups in total. The molecule has 0 aromatic rings. The minimum absolute atomic E-state index is 0. The van der Waals surface area contributed by atoms with Crippen LogP contribution in [0.3, 0.4) is 0 Å². The summed E-state index contributed by atoms with van der Waals surface area (Å²) in [7, 11) is -5.15. The molecule has 0 aliphatic rings. The molecule has 0 bridgehead atoms. The fourth-order valence-electron chi connectivity index (χ4n) is 0.550. The van der Waals surface area contributed by atoms with E-state index in [0.717, 1.165) is 0 Å². The summed E-state index contributed by atoms with van der Waals surface area (Å²) in [5.41, 5.74) is 0. The van der Waals surface area contributed by atoms with Gasteiger partial charge in [-0.05, 0) is 0 Å². The molecule has 2 nitrogen and oxygen atoms in total. The van der Waals surface area contributed by atoms with Crippen molar-refractivity contribution in [1.82, 2.24) is 0 Å². The molecule has 0 fully saturated rings. The zero-order valence-corrected chi connectivity index (χ0v) is 7.72. The zero-order chi connectivity index (χ0) is 10.9. The average molecular weight is 238 g/mol. The van der Waals surface area contributed by atoms with Crippen molar-refractivity contribution in [2.75, 3.05) is 11.5 Å². The molecule has 0 amide bonds. The second-order valence-electron chi connectivity index (χ2n) is 2.26. The Morgan fingerprint density at radius 2 is 1.07 bits per heavy atom. The van der Waals surface area contributed by atoms with Crippen molar-refractivity contribution in [3.05, 3.63) is 0 Å². The van der Waals surface area contributed by atoms with Gasteiger partial charge in [-0.15, -0.1) is 0 Å². The third-order valence-electron chi connectivity index (χ3n) is 0.767. The molecule has 0 unspecified atom stereocenters. The van der Waals surface area contributed by atoms with Crippen molar-refractivity contribution in [3.8, 4) is 0 Å². The van der Waals surface area contributed by atoms with Crippen LogP contribution in [0.5, 0.6) is 0 Å². The van der Waals surface area contributed by atoms with Gasteiger partial charge in [0, 0.05) is 0 Å². The number of rotatable bonds is 2. The molecular formula is C4H5F6LiO2S. The van der Waals surface area contributed by atoms with Crippen molar-refractivity contribution >= 4 is 9.84 Å². The van der Waals surface area contributed by atoms with E-state index in [4.69, 9.17) is 0 Å². The van der Waals surface area contributed by atoms with Crippen molar-refractivity contribution in [1.29, 1.82) is 0 Å². The molecule has 0 saturated carbocycles. The van der Waals surface area contributed by atoms with Gasteiger partial charge in [0.05, 0.1) is 0 Å². The minimum Gasteiger partial charge on any atom is -1.00 e. The fourth-order valence-corrected chi connectivity index (χ4v) is 1.65. The number of halogens is 6. The first-order chi connectivity index (χ1) is 5.41. The summed E-state index contributed by atoms with van der Waals surface area (Å²) in [6.45, 7) is 0. The number of sulfone groups is 1. The quantitative estimate of drug-likeness (QED) is 0.440. The van der Waals surface area contributed by atoms with Crippen molar-refractivity contribution < 1.29 is 55.0 Å². The molecule has 0 aromatic heterocycles. The van der Waals surface area contributed by atoms with Gasteiger partial charge < -0.3 is 1.43 Å². The summed E-state index contributed by atoms with van der Waals surface area (Å²) < 4.78 is 88.7. The Bertz CT molecular complexity index is 248. The van der Waals surface area contributed by atoms with Gasteiger partial charge in [0.25, 0.3) is 0 Å². The van der Waals surface area contributed by atoms with E-state index in [1.54, 1.807) is 0 Å². The van der Waals surface area contributed by atoms with Crippen LogP contribution in [0.25, 0.3) is 0 Å². The summed E-state index contributed by atoms with van der Waals surface area (Å²) in [4.78, 5) is 0. The summed E-state index contributed by atoms with van der Waals surface area (Å²) >= 11 is 0. The largest absolute Gasteiger partial charge is 1.00 e. The van der Waals surface area contributed by atoms with Crippen molar-refractivity contribution in [3.63, 3.8) is 0 Å². The first-order valence-corrected chi connectivity index (χ1v) is 4.57. The maximum atomic E-state index is 11.4. The van der Waals surface area contributed by atoms with E-state index in [1.165, 1.54) is 0 Å². The maximum Gasteiger partial charge on any atom is 1.00 e. The van der Waals surface area contributed by atoms with Crippen LogP contribution in [0.1, 0.15) is 1.43 Å². The molecule has 0 aromatic carbocycles. The summed E-state index contributed by atoms with van der Waals surface area (Å²) in [5.74, 6) is -4.89. The Morgan fingerprint density at radius 1 is 0.857 bits per heavy atom. The second-order valence-corrected chi connectivity index (χ2v) is 4.33. The van der Waals surface area contributed by atoms with Crippen LogP contribution in [0.15, 0.2) is 0 Å². The molecule has 82 valence electrons. The van der Waals surface area contributed by atoms with Crippen LogP contribution in [0.4, 0.5) is 26.3 Å². The Hall–Kier alpha value is 0.127. The van der Waals surface area contributed by atoms with E-state index in [9.17, 15) is 34.8 Å². The Balaban J connectivity index is -0.000000720. The van der Waals surface area contributed by atoms with Crippen LogP contribution in [0, 0.1) is 0 Å². The molecule has 0 aliphatic carbocycles. The molecule has 0 heterocycles. The smallest absolute Gasteiger partial charge is 1.00 e. The van der Waals surface area contributed by atoms with E-state index >= 15 is 0 Å². The topological polar surface area (TPSA) is 34.1 Å². The van der Waals surface area contributed by atoms with Gasteiger partial charge in [-0.2, -0.15) is 26.3 Å². The zero-order valence-electron chi connectivity index (χ0n) is 7.91. The van der Waals surface area contributed by atoms with Crippen LogP contribution in [0.2, 0.25) is 0 Å². The Labute approximate surface area is 89.2 Å². The maximum absolute atomic E-state index is 11.4. The van der Waals surface area contributed by atoms with Crippen LogP contribution in [-0.2, 0) is 9.84 Å². The third kappa shape index (κ3) is 10.2.